The molecule has 0 aromatic heterocycles. The van der Waals surface area contributed by atoms with Gasteiger partial charge in [-0.25, -0.2) is 8.42 Å². The predicted molar refractivity (Wildman–Crippen MR) is 113 cm³/mol. The first-order chi connectivity index (χ1) is 13.9. The Morgan fingerprint density at radius 2 is 1.76 bits per heavy atom. The number of hydrogen-bond acceptors (Lipinski definition) is 5. The summed E-state index contributed by atoms with van der Waals surface area (Å²) in [5.74, 6) is 0.715. The van der Waals surface area contributed by atoms with Crippen LogP contribution in [0.3, 0.4) is 0 Å². The summed E-state index contributed by atoms with van der Waals surface area (Å²) in [6.45, 7) is 5.11. The van der Waals surface area contributed by atoms with Gasteiger partial charge < -0.3 is 9.64 Å². The van der Waals surface area contributed by atoms with Gasteiger partial charge in [0.05, 0.1) is 24.2 Å². The molecular formula is C22H28N2O4S. The van der Waals surface area contributed by atoms with Crippen LogP contribution in [0.15, 0.2) is 53.4 Å². The summed E-state index contributed by atoms with van der Waals surface area (Å²) in [4.78, 5) is 16.9. The number of ether oxygens (including phenoxy) is 1. The highest BCUT2D eigenvalue weighted by molar-refractivity contribution is 7.91. The molecule has 29 heavy (non-hydrogen) atoms. The van der Waals surface area contributed by atoms with Crippen molar-refractivity contribution in [1.82, 2.24) is 9.80 Å². The highest BCUT2D eigenvalue weighted by atomic mass is 32.2. The first-order valence-electron chi connectivity index (χ1n) is 9.80. The van der Waals surface area contributed by atoms with Crippen molar-refractivity contribution >= 4 is 15.7 Å². The molecule has 0 aliphatic carbocycles. The minimum Gasteiger partial charge on any atom is -0.497 e. The minimum absolute atomic E-state index is 0.0529. The Kier molecular flexibility index (Phi) is 6.92. The molecule has 0 saturated carbocycles. The number of hydrogen-bond donors (Lipinski definition) is 0. The molecule has 2 aromatic carbocycles. The van der Waals surface area contributed by atoms with Crippen molar-refractivity contribution < 1.29 is 17.9 Å². The molecule has 1 saturated heterocycles. The molecule has 7 heteroatoms. The second kappa shape index (κ2) is 9.41. The van der Waals surface area contributed by atoms with Crippen LogP contribution in [0.1, 0.15) is 11.1 Å². The molecule has 6 nitrogen and oxygen atoms in total. The summed E-state index contributed by atoms with van der Waals surface area (Å²) in [5.41, 5.74) is 2.19. The van der Waals surface area contributed by atoms with Crippen molar-refractivity contribution in [3.05, 3.63) is 59.7 Å². The lowest BCUT2D eigenvalue weighted by atomic mass is 10.1. The van der Waals surface area contributed by atoms with Gasteiger partial charge in [-0.15, -0.1) is 0 Å². The molecule has 1 aliphatic rings. The number of aryl methyl sites for hydroxylation is 1. The van der Waals surface area contributed by atoms with Crippen molar-refractivity contribution in [3.8, 4) is 5.75 Å². The van der Waals surface area contributed by atoms with Gasteiger partial charge in [-0.2, -0.15) is 0 Å². The van der Waals surface area contributed by atoms with E-state index in [1.165, 1.54) is 7.11 Å². The fraction of sp³-hybridized carbons (Fsp3) is 0.409. The van der Waals surface area contributed by atoms with E-state index in [1.54, 1.807) is 24.3 Å². The summed E-state index contributed by atoms with van der Waals surface area (Å²) in [6, 6.07) is 14.5. The van der Waals surface area contributed by atoms with Crippen LogP contribution in [0.4, 0.5) is 0 Å². The van der Waals surface area contributed by atoms with Gasteiger partial charge in [-0.05, 0) is 36.2 Å². The fourth-order valence-electron chi connectivity index (χ4n) is 3.47. The van der Waals surface area contributed by atoms with E-state index in [4.69, 9.17) is 4.74 Å². The van der Waals surface area contributed by atoms with Crippen molar-refractivity contribution in [3.63, 3.8) is 0 Å². The lowest BCUT2D eigenvalue weighted by molar-refractivity contribution is -0.132. The van der Waals surface area contributed by atoms with Gasteiger partial charge in [-0.1, -0.05) is 30.3 Å². The van der Waals surface area contributed by atoms with Crippen molar-refractivity contribution in [2.24, 2.45) is 0 Å². The number of methoxy groups -OCH3 is 1. The lowest BCUT2D eigenvalue weighted by Crippen LogP contribution is -2.50. The molecular weight excluding hydrogens is 388 g/mol. The number of amides is 1. The minimum atomic E-state index is -3.37. The molecule has 2 aromatic rings. The number of rotatable bonds is 7. The number of carbonyl (C=O) groups is 1. The van der Waals surface area contributed by atoms with E-state index in [1.807, 2.05) is 36.1 Å². The third-order valence-corrected chi connectivity index (χ3v) is 7.10. The monoisotopic (exact) mass is 416 g/mol. The number of carbonyl (C=O) groups excluding carboxylic acids is 1. The SMILES string of the molecule is COc1cccc(S(=O)(=O)CCN2CCN(C(=O)Cc3ccccc3C)CC2)c1. The van der Waals surface area contributed by atoms with E-state index in [9.17, 15) is 13.2 Å². The Labute approximate surface area is 173 Å². The van der Waals surface area contributed by atoms with Gasteiger partial charge in [0.2, 0.25) is 5.91 Å². The molecule has 0 spiro atoms. The molecule has 0 atom stereocenters. The second-order valence-electron chi connectivity index (χ2n) is 7.32. The quantitative estimate of drug-likeness (QED) is 0.692. The number of benzene rings is 2. The molecule has 1 fully saturated rings. The first kappa shape index (κ1) is 21.3. The molecule has 0 N–H and O–H groups in total. The lowest BCUT2D eigenvalue weighted by Gasteiger charge is -2.34. The summed E-state index contributed by atoms with van der Waals surface area (Å²) in [6.07, 6.45) is 0.414. The smallest absolute Gasteiger partial charge is 0.227 e. The van der Waals surface area contributed by atoms with E-state index in [0.717, 1.165) is 11.1 Å². The van der Waals surface area contributed by atoms with Gasteiger partial charge in [0.25, 0.3) is 0 Å². The average Bonchev–Trinajstić information content (AvgIpc) is 2.74. The highest BCUT2D eigenvalue weighted by Crippen LogP contribution is 2.18. The maximum atomic E-state index is 12.6. The van der Waals surface area contributed by atoms with Gasteiger partial charge in [0.1, 0.15) is 5.75 Å². The number of sulfone groups is 1. The largest absolute Gasteiger partial charge is 0.497 e. The summed E-state index contributed by atoms with van der Waals surface area (Å²) >= 11 is 0. The van der Waals surface area contributed by atoms with E-state index >= 15 is 0 Å². The van der Waals surface area contributed by atoms with Crippen molar-refractivity contribution in [2.45, 2.75) is 18.2 Å². The zero-order valence-corrected chi connectivity index (χ0v) is 17.8. The van der Waals surface area contributed by atoms with Crippen molar-refractivity contribution in [2.75, 3.05) is 45.6 Å². The maximum Gasteiger partial charge on any atom is 0.227 e. The fourth-order valence-corrected chi connectivity index (χ4v) is 4.78. The van der Waals surface area contributed by atoms with Gasteiger partial charge >= 0.3 is 0 Å². The van der Waals surface area contributed by atoms with Gasteiger partial charge in [0, 0.05) is 32.7 Å². The standard InChI is InChI=1S/C22H28N2O4S/c1-18-6-3-4-7-19(18)16-22(25)24-12-10-23(11-13-24)14-15-29(26,27)21-9-5-8-20(17-21)28-2/h3-9,17H,10-16H2,1-2H3. The topological polar surface area (TPSA) is 66.9 Å². The normalized spacial score (nSPS) is 15.3. The van der Waals surface area contributed by atoms with Gasteiger partial charge in [-0.3, -0.25) is 9.69 Å². The number of nitrogens with zero attached hydrogens (tertiary/aromatic N) is 2. The average molecular weight is 417 g/mol. The molecule has 0 unspecified atom stereocenters. The first-order valence-corrected chi connectivity index (χ1v) is 11.5. The van der Waals surface area contributed by atoms with E-state index in [0.29, 0.717) is 44.9 Å². The van der Waals surface area contributed by atoms with Crippen LogP contribution in [0.25, 0.3) is 0 Å². The molecule has 1 amide bonds. The van der Waals surface area contributed by atoms with Crippen LogP contribution in [0.5, 0.6) is 5.75 Å². The van der Waals surface area contributed by atoms with Crippen LogP contribution in [0, 0.1) is 6.92 Å². The summed E-state index contributed by atoms with van der Waals surface area (Å²) < 4.78 is 30.3. The van der Waals surface area contributed by atoms with Crippen LogP contribution >= 0.6 is 0 Å². The maximum absolute atomic E-state index is 12.6. The predicted octanol–water partition coefficient (Wildman–Crippen LogP) is 2.16. The Morgan fingerprint density at radius 3 is 2.45 bits per heavy atom. The van der Waals surface area contributed by atoms with Crippen LogP contribution in [-0.4, -0.2) is 69.7 Å². The molecule has 0 radical (unpaired) electrons. The molecule has 1 aliphatic heterocycles. The third-order valence-electron chi connectivity index (χ3n) is 5.40. The Balaban J connectivity index is 1.49. The van der Waals surface area contributed by atoms with Crippen LogP contribution in [0.2, 0.25) is 0 Å². The van der Waals surface area contributed by atoms with E-state index in [2.05, 4.69) is 4.90 Å². The van der Waals surface area contributed by atoms with Gasteiger partial charge in [0.15, 0.2) is 9.84 Å². The zero-order chi connectivity index (χ0) is 20.9. The number of piperazine rings is 1. The molecule has 156 valence electrons. The molecule has 3 rings (SSSR count). The van der Waals surface area contributed by atoms with Crippen LogP contribution in [-0.2, 0) is 21.1 Å². The molecule has 0 bridgehead atoms. The molecule has 1 heterocycles. The summed E-state index contributed by atoms with van der Waals surface area (Å²) in [7, 11) is -1.85. The third kappa shape index (κ3) is 5.58. The summed E-state index contributed by atoms with van der Waals surface area (Å²) in [5, 5.41) is 0. The van der Waals surface area contributed by atoms with Crippen molar-refractivity contribution in [1.29, 1.82) is 0 Å². The zero-order valence-electron chi connectivity index (χ0n) is 17.0. The Morgan fingerprint density at radius 1 is 1.03 bits per heavy atom. The Bertz CT molecular complexity index is 951. The Hall–Kier alpha value is -2.38. The van der Waals surface area contributed by atoms with Crippen LogP contribution < -0.4 is 4.74 Å². The van der Waals surface area contributed by atoms with E-state index in [-0.39, 0.29) is 16.6 Å². The highest BCUT2D eigenvalue weighted by Gasteiger charge is 2.23. The van der Waals surface area contributed by atoms with E-state index < -0.39 is 9.84 Å². The second-order valence-corrected chi connectivity index (χ2v) is 9.43.